The highest BCUT2D eigenvalue weighted by Gasteiger charge is 2.31. The molecule has 4 rings (SSSR count). The average Bonchev–Trinajstić information content (AvgIpc) is 2.73. The number of hydrogen-bond donors (Lipinski definition) is 3. The Morgan fingerprint density at radius 1 is 1.16 bits per heavy atom. The summed E-state index contributed by atoms with van der Waals surface area (Å²) in [5, 5.41) is 2.93. The van der Waals surface area contributed by atoms with Crippen molar-refractivity contribution in [1.29, 1.82) is 0 Å². The Morgan fingerprint density at radius 2 is 1.94 bits per heavy atom. The molecule has 0 radical (unpaired) electrons. The highest BCUT2D eigenvalue weighted by atomic mass is 19.1. The summed E-state index contributed by atoms with van der Waals surface area (Å²) in [6.45, 7) is 1.69. The molecule has 1 atom stereocenters. The number of nitrogens with two attached hydrogens (primary N) is 2. The first-order valence-electron chi connectivity index (χ1n) is 9.30. The van der Waals surface area contributed by atoms with Crippen LogP contribution < -0.4 is 26.3 Å². The molecule has 3 aromatic rings. The predicted octanol–water partition coefficient (Wildman–Crippen LogP) is 1.59. The van der Waals surface area contributed by atoms with Gasteiger partial charge in [-0.15, -0.1) is 0 Å². The van der Waals surface area contributed by atoms with Gasteiger partial charge in [-0.2, -0.15) is 0 Å². The van der Waals surface area contributed by atoms with Gasteiger partial charge in [0.1, 0.15) is 0 Å². The molecule has 1 amide bonds. The number of carbonyl (C=O) groups excluding carboxylic acids is 1. The lowest BCUT2D eigenvalue weighted by molar-refractivity contribution is 0.0922. The second-order valence-electron chi connectivity index (χ2n) is 6.94. The summed E-state index contributed by atoms with van der Waals surface area (Å²) in [6, 6.07) is 2.24. The number of halogens is 1. The number of aromatic nitrogens is 4. The van der Waals surface area contributed by atoms with Crippen LogP contribution in [0.15, 0.2) is 18.3 Å². The number of methoxy groups -OCH3 is 2. The number of nitrogens with one attached hydrogen (secondary N) is 1. The Hall–Kier alpha value is -4.02. The SMILES string of the molecule is COc1cc([C@H]2Cc3nc(N)nc(C)c3C(=O)N2)c(-c2cnc(N)c(OC)n2)cc1F. The second-order valence-corrected chi connectivity index (χ2v) is 6.94. The third-order valence-electron chi connectivity index (χ3n) is 5.05. The number of hydrogen-bond acceptors (Lipinski definition) is 9. The molecule has 10 nitrogen and oxygen atoms in total. The van der Waals surface area contributed by atoms with Crippen molar-refractivity contribution in [2.75, 3.05) is 25.7 Å². The number of rotatable bonds is 4. The first kappa shape index (κ1) is 20.3. The maximum atomic E-state index is 14.6. The zero-order chi connectivity index (χ0) is 22.3. The monoisotopic (exact) mass is 425 g/mol. The van der Waals surface area contributed by atoms with Gasteiger partial charge in [0.15, 0.2) is 17.4 Å². The van der Waals surface area contributed by atoms with E-state index in [1.165, 1.54) is 32.5 Å². The Bertz CT molecular complexity index is 1200. The molecule has 11 heteroatoms. The van der Waals surface area contributed by atoms with Crippen LogP contribution in [-0.2, 0) is 6.42 Å². The molecule has 31 heavy (non-hydrogen) atoms. The molecule has 1 aliphatic rings. The lowest BCUT2D eigenvalue weighted by atomic mass is 9.90. The minimum absolute atomic E-state index is 0.0209. The minimum Gasteiger partial charge on any atom is -0.494 e. The smallest absolute Gasteiger partial charge is 0.257 e. The van der Waals surface area contributed by atoms with E-state index in [9.17, 15) is 9.18 Å². The summed E-state index contributed by atoms with van der Waals surface area (Å²) in [7, 11) is 2.77. The molecular formula is C20H20FN7O3. The maximum Gasteiger partial charge on any atom is 0.257 e. The van der Waals surface area contributed by atoms with E-state index >= 15 is 0 Å². The molecule has 2 aromatic heterocycles. The van der Waals surface area contributed by atoms with Gasteiger partial charge < -0.3 is 26.3 Å². The van der Waals surface area contributed by atoms with Gasteiger partial charge in [0.05, 0.1) is 49.1 Å². The van der Waals surface area contributed by atoms with Gasteiger partial charge in [-0.1, -0.05) is 0 Å². The lowest BCUT2D eigenvalue weighted by Crippen LogP contribution is -2.37. The van der Waals surface area contributed by atoms with E-state index in [1.54, 1.807) is 6.92 Å². The second kappa shape index (κ2) is 7.67. The molecule has 1 aromatic carbocycles. The number of benzene rings is 1. The highest BCUT2D eigenvalue weighted by Crippen LogP contribution is 2.37. The normalized spacial score (nSPS) is 15.2. The Kier molecular flexibility index (Phi) is 5.01. The van der Waals surface area contributed by atoms with E-state index in [1.807, 2.05) is 0 Å². The molecule has 0 bridgehead atoms. The van der Waals surface area contributed by atoms with Gasteiger partial charge in [-0.25, -0.2) is 24.3 Å². The molecule has 0 aliphatic carbocycles. The van der Waals surface area contributed by atoms with Gasteiger partial charge in [0, 0.05) is 12.0 Å². The molecular weight excluding hydrogens is 405 g/mol. The van der Waals surface area contributed by atoms with Crippen molar-refractivity contribution in [2.24, 2.45) is 0 Å². The van der Waals surface area contributed by atoms with Gasteiger partial charge in [0.25, 0.3) is 11.8 Å². The quantitative estimate of drug-likeness (QED) is 0.566. The van der Waals surface area contributed by atoms with Crippen molar-refractivity contribution in [3.8, 4) is 22.9 Å². The van der Waals surface area contributed by atoms with Gasteiger partial charge in [0.2, 0.25) is 5.95 Å². The fourth-order valence-corrected chi connectivity index (χ4v) is 3.66. The van der Waals surface area contributed by atoms with Crippen LogP contribution in [0.3, 0.4) is 0 Å². The van der Waals surface area contributed by atoms with Gasteiger partial charge in [-0.3, -0.25) is 4.79 Å². The summed E-state index contributed by atoms with van der Waals surface area (Å²) in [4.78, 5) is 29.5. The summed E-state index contributed by atoms with van der Waals surface area (Å²) in [6.07, 6.45) is 1.72. The van der Waals surface area contributed by atoms with Crippen molar-refractivity contribution in [3.63, 3.8) is 0 Å². The van der Waals surface area contributed by atoms with E-state index in [4.69, 9.17) is 20.9 Å². The number of nitrogens with zero attached hydrogens (tertiary/aromatic N) is 4. The molecule has 0 saturated heterocycles. The zero-order valence-corrected chi connectivity index (χ0v) is 17.1. The number of ether oxygens (including phenoxy) is 2. The van der Waals surface area contributed by atoms with E-state index in [0.29, 0.717) is 40.2 Å². The number of nitrogen functional groups attached to an aromatic ring is 2. The molecule has 0 saturated carbocycles. The molecule has 0 fully saturated rings. The van der Waals surface area contributed by atoms with Crippen molar-refractivity contribution in [3.05, 3.63) is 46.7 Å². The van der Waals surface area contributed by atoms with E-state index in [0.717, 1.165) is 0 Å². The van der Waals surface area contributed by atoms with Crippen LogP contribution in [0.5, 0.6) is 11.6 Å². The van der Waals surface area contributed by atoms with Crippen LogP contribution in [0, 0.1) is 12.7 Å². The van der Waals surface area contributed by atoms with Crippen LogP contribution in [-0.4, -0.2) is 40.1 Å². The van der Waals surface area contributed by atoms with E-state index in [2.05, 4.69) is 25.3 Å². The topological polar surface area (TPSA) is 151 Å². The minimum atomic E-state index is -0.594. The summed E-state index contributed by atoms with van der Waals surface area (Å²) < 4.78 is 24.9. The van der Waals surface area contributed by atoms with Gasteiger partial charge >= 0.3 is 0 Å². The van der Waals surface area contributed by atoms with Crippen molar-refractivity contribution in [2.45, 2.75) is 19.4 Å². The Balaban J connectivity index is 1.87. The largest absolute Gasteiger partial charge is 0.494 e. The predicted molar refractivity (Wildman–Crippen MR) is 110 cm³/mol. The fraction of sp³-hybridized carbons (Fsp3) is 0.250. The molecule has 3 heterocycles. The van der Waals surface area contributed by atoms with Crippen molar-refractivity contribution in [1.82, 2.24) is 25.3 Å². The fourth-order valence-electron chi connectivity index (χ4n) is 3.66. The number of amides is 1. The summed E-state index contributed by atoms with van der Waals surface area (Å²) >= 11 is 0. The van der Waals surface area contributed by atoms with Crippen LogP contribution in [0.2, 0.25) is 0 Å². The molecule has 0 spiro atoms. The van der Waals surface area contributed by atoms with Crippen LogP contribution in [0.1, 0.15) is 33.4 Å². The number of aryl methyl sites for hydroxylation is 1. The van der Waals surface area contributed by atoms with Crippen LogP contribution in [0.25, 0.3) is 11.3 Å². The third kappa shape index (κ3) is 3.54. The average molecular weight is 425 g/mol. The van der Waals surface area contributed by atoms with E-state index in [-0.39, 0.29) is 29.3 Å². The van der Waals surface area contributed by atoms with Crippen molar-refractivity contribution < 1.29 is 18.7 Å². The van der Waals surface area contributed by atoms with Crippen LogP contribution in [0.4, 0.5) is 16.2 Å². The summed E-state index contributed by atoms with van der Waals surface area (Å²) in [5.41, 5.74) is 14.2. The molecule has 160 valence electrons. The van der Waals surface area contributed by atoms with Crippen molar-refractivity contribution >= 4 is 17.7 Å². The summed E-state index contributed by atoms with van der Waals surface area (Å²) in [5.74, 6) is -0.635. The number of fused-ring (bicyclic) bond motifs is 1. The first-order chi connectivity index (χ1) is 14.8. The lowest BCUT2D eigenvalue weighted by Gasteiger charge is -2.28. The zero-order valence-electron chi connectivity index (χ0n) is 17.1. The highest BCUT2D eigenvalue weighted by molar-refractivity contribution is 5.98. The van der Waals surface area contributed by atoms with Gasteiger partial charge in [-0.05, 0) is 24.6 Å². The molecule has 5 N–H and O–H groups in total. The Morgan fingerprint density at radius 3 is 2.65 bits per heavy atom. The molecule has 1 aliphatic heterocycles. The van der Waals surface area contributed by atoms with E-state index < -0.39 is 11.9 Å². The standard InChI is InChI=1S/C20H20FN7O3/c1-8-16-13(28-20(23)25-8)6-12(26-18(16)29)10-5-15(30-2)11(21)4-9(10)14-7-24-17(22)19(27-14)31-3/h4-5,7,12H,6H2,1-3H3,(H2,22,24)(H,26,29)(H2,23,25,28)/t12-/m1/s1. The first-order valence-corrected chi connectivity index (χ1v) is 9.30. The number of anilines is 2. The Labute approximate surface area is 176 Å². The maximum absolute atomic E-state index is 14.6. The number of carbonyl (C=O) groups is 1. The van der Waals surface area contributed by atoms with Crippen LogP contribution >= 0.6 is 0 Å². The third-order valence-corrected chi connectivity index (χ3v) is 5.05. The molecule has 0 unspecified atom stereocenters.